The van der Waals surface area contributed by atoms with Gasteiger partial charge < -0.3 is 10.2 Å². The van der Waals surface area contributed by atoms with Crippen molar-refractivity contribution in [1.29, 1.82) is 0 Å². The number of amides is 2. The quantitative estimate of drug-likeness (QED) is 0.368. The minimum absolute atomic E-state index is 0.168. The first kappa shape index (κ1) is 32.0. The number of halogens is 6. The van der Waals surface area contributed by atoms with Crippen molar-refractivity contribution in [3.63, 3.8) is 0 Å². The molecule has 0 aliphatic rings. The molecule has 38 heavy (non-hydrogen) atoms. The summed E-state index contributed by atoms with van der Waals surface area (Å²) >= 11 is 18.1. The van der Waals surface area contributed by atoms with Gasteiger partial charge in [-0.2, -0.15) is 13.2 Å². The highest BCUT2D eigenvalue weighted by molar-refractivity contribution is 7.92. The summed E-state index contributed by atoms with van der Waals surface area (Å²) in [5, 5.41) is 2.91. The molecular formula is C24H27Cl3F3N3O4S. The van der Waals surface area contributed by atoms with E-state index in [1.165, 1.54) is 19.1 Å². The monoisotopic (exact) mass is 615 g/mol. The summed E-state index contributed by atoms with van der Waals surface area (Å²) in [6.45, 7) is 4.00. The molecular weight excluding hydrogens is 590 g/mol. The molecule has 0 heterocycles. The van der Waals surface area contributed by atoms with Crippen molar-refractivity contribution in [1.82, 2.24) is 10.2 Å². The van der Waals surface area contributed by atoms with Crippen LogP contribution in [0.1, 0.15) is 38.3 Å². The molecule has 0 unspecified atom stereocenters. The molecule has 2 aromatic rings. The van der Waals surface area contributed by atoms with Gasteiger partial charge in [0, 0.05) is 12.6 Å². The van der Waals surface area contributed by atoms with E-state index >= 15 is 0 Å². The Morgan fingerprint density at radius 1 is 1.00 bits per heavy atom. The summed E-state index contributed by atoms with van der Waals surface area (Å²) in [4.78, 5) is 27.5. The predicted molar refractivity (Wildman–Crippen MR) is 143 cm³/mol. The zero-order valence-electron chi connectivity index (χ0n) is 20.9. The number of carbonyl (C=O) groups is 2. The fraction of sp³-hybridized carbons (Fsp3) is 0.417. The molecule has 0 spiro atoms. The van der Waals surface area contributed by atoms with Crippen LogP contribution in [0.15, 0.2) is 36.4 Å². The molecule has 0 saturated carbocycles. The van der Waals surface area contributed by atoms with E-state index in [1.54, 1.807) is 13.0 Å². The fourth-order valence-electron chi connectivity index (χ4n) is 3.36. The Balaban J connectivity index is 2.52. The number of nitrogens with one attached hydrogen (secondary N) is 1. The molecule has 0 fully saturated rings. The number of anilines is 1. The highest BCUT2D eigenvalue weighted by Crippen LogP contribution is 2.36. The van der Waals surface area contributed by atoms with E-state index in [9.17, 15) is 31.2 Å². The molecule has 0 aliphatic carbocycles. The van der Waals surface area contributed by atoms with E-state index in [2.05, 4.69) is 5.32 Å². The van der Waals surface area contributed by atoms with E-state index in [0.717, 1.165) is 17.2 Å². The summed E-state index contributed by atoms with van der Waals surface area (Å²) in [5.74, 6) is -1.36. The first-order valence-corrected chi connectivity index (χ1v) is 14.3. The van der Waals surface area contributed by atoms with Gasteiger partial charge in [0.1, 0.15) is 12.6 Å². The van der Waals surface area contributed by atoms with Crippen molar-refractivity contribution in [2.75, 3.05) is 17.1 Å². The number of nitrogens with zero attached hydrogens (tertiary/aromatic N) is 2. The lowest BCUT2D eigenvalue weighted by Gasteiger charge is -2.32. The second-order valence-corrected chi connectivity index (χ2v) is 11.8. The number of hydrogen-bond donors (Lipinski definition) is 1. The summed E-state index contributed by atoms with van der Waals surface area (Å²) in [6.07, 6.45) is -3.43. The van der Waals surface area contributed by atoms with Gasteiger partial charge in [-0.05, 0) is 56.2 Å². The van der Waals surface area contributed by atoms with Crippen LogP contribution in [0.5, 0.6) is 0 Å². The number of benzene rings is 2. The van der Waals surface area contributed by atoms with Crippen LogP contribution in [0.25, 0.3) is 0 Å². The van der Waals surface area contributed by atoms with Crippen molar-refractivity contribution in [2.45, 2.75) is 52.0 Å². The molecule has 0 bridgehead atoms. The van der Waals surface area contributed by atoms with Gasteiger partial charge in [0.2, 0.25) is 21.8 Å². The minimum atomic E-state index is -4.78. The summed E-state index contributed by atoms with van der Waals surface area (Å²) in [5.41, 5.74) is -1.19. The van der Waals surface area contributed by atoms with Gasteiger partial charge in [-0.15, -0.1) is 0 Å². The number of alkyl halides is 3. The third-order valence-electron chi connectivity index (χ3n) is 5.73. The van der Waals surface area contributed by atoms with Gasteiger partial charge in [0.15, 0.2) is 0 Å². The van der Waals surface area contributed by atoms with Crippen LogP contribution in [0.2, 0.25) is 15.1 Å². The smallest absolute Gasteiger partial charge is 0.352 e. The highest BCUT2D eigenvalue weighted by atomic mass is 35.5. The lowest BCUT2D eigenvalue weighted by Crippen LogP contribution is -2.52. The van der Waals surface area contributed by atoms with E-state index in [4.69, 9.17) is 34.8 Å². The first-order chi connectivity index (χ1) is 17.4. The maximum absolute atomic E-state index is 13.5. The number of sulfonamides is 1. The van der Waals surface area contributed by atoms with Crippen molar-refractivity contribution in [3.8, 4) is 0 Å². The molecule has 7 nitrogen and oxygen atoms in total. The van der Waals surface area contributed by atoms with Crippen LogP contribution < -0.4 is 9.62 Å². The molecule has 0 saturated heterocycles. The third kappa shape index (κ3) is 8.39. The summed E-state index contributed by atoms with van der Waals surface area (Å²) in [6, 6.07) is 5.43. The molecule has 2 rings (SSSR count). The Hall–Kier alpha value is -2.21. The first-order valence-electron chi connectivity index (χ1n) is 11.3. The lowest BCUT2D eigenvalue weighted by atomic mass is 10.1. The van der Waals surface area contributed by atoms with Crippen LogP contribution in [0.4, 0.5) is 18.9 Å². The summed E-state index contributed by atoms with van der Waals surface area (Å²) in [7, 11) is -4.29. The second kappa shape index (κ2) is 12.8. The normalized spacial score (nSPS) is 13.5. The molecule has 2 amide bonds. The number of carbonyl (C=O) groups excluding carboxylic acids is 2. The molecule has 2 aromatic carbocycles. The van der Waals surface area contributed by atoms with Gasteiger partial charge in [-0.25, -0.2) is 8.42 Å². The van der Waals surface area contributed by atoms with Crippen molar-refractivity contribution < 1.29 is 31.2 Å². The van der Waals surface area contributed by atoms with Crippen LogP contribution in [-0.4, -0.2) is 50.0 Å². The molecule has 0 aliphatic heterocycles. The van der Waals surface area contributed by atoms with Crippen LogP contribution in [-0.2, 0) is 32.3 Å². The number of rotatable bonds is 10. The minimum Gasteiger partial charge on any atom is -0.352 e. The Kier molecular flexibility index (Phi) is 10.7. The zero-order valence-corrected chi connectivity index (χ0v) is 24.0. The van der Waals surface area contributed by atoms with Gasteiger partial charge in [0.05, 0.1) is 32.6 Å². The van der Waals surface area contributed by atoms with Crippen molar-refractivity contribution in [2.24, 2.45) is 0 Å². The maximum atomic E-state index is 13.5. The van der Waals surface area contributed by atoms with E-state index < -0.39 is 51.9 Å². The SMILES string of the molecule is CC[C@@H](C)NC(=O)[C@@H](C)N(Cc1ccc(Cl)c(Cl)c1)C(=O)CN(c1cc(C(F)(F)F)ccc1Cl)S(C)(=O)=O. The predicted octanol–water partition coefficient (Wildman–Crippen LogP) is 5.76. The third-order valence-corrected chi connectivity index (χ3v) is 7.91. The topological polar surface area (TPSA) is 86.8 Å². The Morgan fingerprint density at radius 3 is 2.13 bits per heavy atom. The van der Waals surface area contributed by atoms with Gasteiger partial charge in [-0.1, -0.05) is 47.8 Å². The van der Waals surface area contributed by atoms with E-state index in [1.807, 2.05) is 6.92 Å². The Labute approximate surface area is 234 Å². The van der Waals surface area contributed by atoms with Crippen molar-refractivity contribution in [3.05, 3.63) is 62.6 Å². The van der Waals surface area contributed by atoms with Crippen LogP contribution in [0, 0.1) is 0 Å². The molecule has 14 heteroatoms. The lowest BCUT2D eigenvalue weighted by molar-refractivity contribution is -0.139. The van der Waals surface area contributed by atoms with Crippen LogP contribution in [0.3, 0.4) is 0 Å². The molecule has 1 N–H and O–H groups in total. The average molecular weight is 617 g/mol. The summed E-state index contributed by atoms with van der Waals surface area (Å²) < 4.78 is 65.7. The maximum Gasteiger partial charge on any atom is 0.416 e. The van der Waals surface area contributed by atoms with Gasteiger partial charge in [-0.3, -0.25) is 13.9 Å². The Morgan fingerprint density at radius 2 is 1.61 bits per heavy atom. The fourth-order valence-corrected chi connectivity index (χ4v) is 4.80. The molecule has 0 aromatic heterocycles. The number of hydrogen-bond acceptors (Lipinski definition) is 4. The van der Waals surface area contributed by atoms with Crippen molar-refractivity contribution >= 4 is 62.3 Å². The van der Waals surface area contributed by atoms with E-state index in [-0.39, 0.29) is 27.7 Å². The standard InChI is InChI=1S/C24H27Cl3F3N3O4S/c1-5-14(2)31-23(35)15(3)32(12-16-6-8-18(25)20(27)10-16)22(34)13-33(38(4,36)37)21-11-17(24(28,29)30)7-9-19(21)26/h6-11,14-15H,5,12-13H2,1-4H3,(H,31,35)/t14-,15-/m1/s1. The zero-order chi connectivity index (χ0) is 29.0. The average Bonchev–Trinajstić information content (AvgIpc) is 2.81. The van der Waals surface area contributed by atoms with Crippen LogP contribution >= 0.6 is 34.8 Å². The molecule has 0 radical (unpaired) electrons. The largest absolute Gasteiger partial charge is 0.416 e. The van der Waals surface area contributed by atoms with Gasteiger partial charge >= 0.3 is 6.18 Å². The second-order valence-electron chi connectivity index (χ2n) is 8.70. The molecule has 210 valence electrons. The van der Waals surface area contributed by atoms with E-state index in [0.29, 0.717) is 28.4 Å². The van der Waals surface area contributed by atoms with Gasteiger partial charge in [0.25, 0.3) is 0 Å². The highest BCUT2D eigenvalue weighted by Gasteiger charge is 2.34. The molecule has 2 atom stereocenters. The Bertz CT molecular complexity index is 1290.